The SMILES string of the molecule is CNS(=O)(=O)c1ccc(CNC2CCCC2C#N)o1. The number of nitrogens with zero attached hydrogens (tertiary/aromatic N) is 1. The van der Waals surface area contributed by atoms with Gasteiger partial charge in [-0.2, -0.15) is 5.26 Å². The molecule has 19 heavy (non-hydrogen) atoms. The van der Waals surface area contributed by atoms with Crippen LogP contribution in [0.3, 0.4) is 0 Å². The molecule has 1 aliphatic rings. The molecule has 2 unspecified atom stereocenters. The summed E-state index contributed by atoms with van der Waals surface area (Å²) in [4.78, 5) is 0. The molecular weight excluding hydrogens is 266 g/mol. The van der Waals surface area contributed by atoms with Crippen molar-refractivity contribution in [3.63, 3.8) is 0 Å². The Morgan fingerprint density at radius 2 is 2.26 bits per heavy atom. The van der Waals surface area contributed by atoms with Gasteiger partial charge >= 0.3 is 0 Å². The van der Waals surface area contributed by atoms with Crippen molar-refractivity contribution >= 4 is 10.0 Å². The van der Waals surface area contributed by atoms with Crippen molar-refractivity contribution in [1.29, 1.82) is 5.26 Å². The van der Waals surface area contributed by atoms with Crippen LogP contribution in [0.5, 0.6) is 0 Å². The average molecular weight is 283 g/mol. The van der Waals surface area contributed by atoms with E-state index in [2.05, 4.69) is 16.1 Å². The Kier molecular flexibility index (Phi) is 4.24. The third-order valence-corrected chi connectivity index (χ3v) is 4.68. The van der Waals surface area contributed by atoms with Gasteiger partial charge in [0.05, 0.1) is 18.5 Å². The maximum Gasteiger partial charge on any atom is 0.273 e. The van der Waals surface area contributed by atoms with Crippen LogP contribution in [0.25, 0.3) is 0 Å². The van der Waals surface area contributed by atoms with Crippen LogP contribution in [0.2, 0.25) is 0 Å². The van der Waals surface area contributed by atoms with Crippen molar-refractivity contribution in [1.82, 2.24) is 10.0 Å². The molecule has 2 N–H and O–H groups in total. The fourth-order valence-corrected chi connectivity index (χ4v) is 2.95. The van der Waals surface area contributed by atoms with E-state index in [9.17, 15) is 8.42 Å². The van der Waals surface area contributed by atoms with Crippen LogP contribution < -0.4 is 10.0 Å². The van der Waals surface area contributed by atoms with Gasteiger partial charge in [0.1, 0.15) is 5.76 Å². The van der Waals surface area contributed by atoms with Crippen LogP contribution in [0, 0.1) is 17.2 Å². The van der Waals surface area contributed by atoms with Crippen LogP contribution in [-0.2, 0) is 16.6 Å². The highest BCUT2D eigenvalue weighted by atomic mass is 32.2. The van der Waals surface area contributed by atoms with E-state index in [0.717, 1.165) is 19.3 Å². The highest BCUT2D eigenvalue weighted by molar-refractivity contribution is 7.89. The molecular formula is C12H17N3O3S. The lowest BCUT2D eigenvalue weighted by atomic mass is 10.1. The van der Waals surface area contributed by atoms with E-state index in [0.29, 0.717) is 12.3 Å². The fourth-order valence-electron chi connectivity index (χ4n) is 2.29. The minimum atomic E-state index is -3.53. The topological polar surface area (TPSA) is 95.1 Å². The predicted molar refractivity (Wildman–Crippen MR) is 68.5 cm³/mol. The average Bonchev–Trinajstić information content (AvgIpc) is 3.05. The standard InChI is InChI=1S/C12H17N3O3S/c1-14-19(16,17)12-6-5-10(18-12)8-15-11-4-2-3-9(11)7-13/h5-6,9,11,14-15H,2-4,8H2,1H3. The molecule has 1 heterocycles. The lowest BCUT2D eigenvalue weighted by molar-refractivity contribution is 0.377. The highest BCUT2D eigenvalue weighted by Gasteiger charge is 2.26. The first-order valence-electron chi connectivity index (χ1n) is 6.22. The van der Waals surface area contributed by atoms with Gasteiger partial charge < -0.3 is 9.73 Å². The monoisotopic (exact) mass is 283 g/mol. The van der Waals surface area contributed by atoms with E-state index >= 15 is 0 Å². The van der Waals surface area contributed by atoms with Crippen LogP contribution in [0.4, 0.5) is 0 Å². The molecule has 1 aliphatic carbocycles. The van der Waals surface area contributed by atoms with E-state index in [-0.39, 0.29) is 17.1 Å². The van der Waals surface area contributed by atoms with Gasteiger partial charge in [-0.05, 0) is 32.0 Å². The Bertz CT molecular complexity index is 573. The number of sulfonamides is 1. The first-order chi connectivity index (χ1) is 9.06. The van der Waals surface area contributed by atoms with Crippen molar-refractivity contribution in [2.24, 2.45) is 5.92 Å². The van der Waals surface area contributed by atoms with Gasteiger partial charge in [0, 0.05) is 6.04 Å². The van der Waals surface area contributed by atoms with Crippen molar-refractivity contribution in [3.05, 3.63) is 17.9 Å². The Hall–Kier alpha value is -1.36. The minimum Gasteiger partial charge on any atom is -0.447 e. The van der Waals surface area contributed by atoms with Crippen LogP contribution in [0.1, 0.15) is 25.0 Å². The molecule has 1 fully saturated rings. The van der Waals surface area contributed by atoms with Crippen molar-refractivity contribution in [3.8, 4) is 6.07 Å². The number of rotatable bonds is 5. The molecule has 0 radical (unpaired) electrons. The Morgan fingerprint density at radius 3 is 2.95 bits per heavy atom. The zero-order chi connectivity index (χ0) is 13.9. The van der Waals surface area contributed by atoms with E-state index < -0.39 is 10.0 Å². The molecule has 0 bridgehead atoms. The van der Waals surface area contributed by atoms with E-state index in [1.54, 1.807) is 6.07 Å². The van der Waals surface area contributed by atoms with E-state index in [1.165, 1.54) is 13.1 Å². The van der Waals surface area contributed by atoms with Crippen LogP contribution in [-0.4, -0.2) is 21.5 Å². The highest BCUT2D eigenvalue weighted by Crippen LogP contribution is 2.25. The van der Waals surface area contributed by atoms with Gasteiger partial charge in [-0.25, -0.2) is 13.1 Å². The molecule has 0 spiro atoms. The lowest BCUT2D eigenvalue weighted by Gasteiger charge is -2.14. The molecule has 0 amide bonds. The molecule has 1 aromatic rings. The molecule has 7 heteroatoms. The van der Waals surface area contributed by atoms with Crippen molar-refractivity contribution in [2.45, 2.75) is 36.9 Å². The van der Waals surface area contributed by atoms with E-state index in [1.807, 2.05) is 0 Å². The maximum absolute atomic E-state index is 11.5. The summed E-state index contributed by atoms with van der Waals surface area (Å²) in [5, 5.41) is 12.1. The van der Waals surface area contributed by atoms with Gasteiger partial charge in [-0.15, -0.1) is 0 Å². The molecule has 1 aromatic heterocycles. The van der Waals surface area contributed by atoms with Crippen molar-refractivity contribution in [2.75, 3.05) is 7.05 Å². The second-order valence-electron chi connectivity index (χ2n) is 4.58. The fraction of sp³-hybridized carbons (Fsp3) is 0.583. The molecule has 0 aromatic carbocycles. The van der Waals surface area contributed by atoms with Crippen molar-refractivity contribution < 1.29 is 12.8 Å². The number of nitriles is 1. The summed E-state index contributed by atoms with van der Waals surface area (Å²) < 4.78 is 30.5. The molecule has 1 saturated carbocycles. The first kappa shape index (κ1) is 14.1. The summed E-state index contributed by atoms with van der Waals surface area (Å²) >= 11 is 0. The summed E-state index contributed by atoms with van der Waals surface area (Å²) in [7, 11) is -2.19. The summed E-state index contributed by atoms with van der Waals surface area (Å²) in [5.74, 6) is 0.591. The van der Waals surface area contributed by atoms with Crippen LogP contribution >= 0.6 is 0 Å². The van der Waals surface area contributed by atoms with Gasteiger partial charge in [0.15, 0.2) is 0 Å². The molecule has 104 valence electrons. The predicted octanol–water partition coefficient (Wildman–Crippen LogP) is 0.970. The number of nitrogens with one attached hydrogen (secondary N) is 2. The number of hydrogen-bond acceptors (Lipinski definition) is 5. The number of furan rings is 1. The molecule has 2 rings (SSSR count). The van der Waals surface area contributed by atoms with Gasteiger partial charge in [-0.1, -0.05) is 6.42 Å². The second-order valence-corrected chi connectivity index (χ2v) is 6.40. The smallest absolute Gasteiger partial charge is 0.273 e. The van der Waals surface area contributed by atoms with Gasteiger partial charge in [0.25, 0.3) is 10.0 Å². The molecule has 2 atom stereocenters. The zero-order valence-corrected chi connectivity index (χ0v) is 11.5. The number of hydrogen-bond donors (Lipinski definition) is 2. The zero-order valence-electron chi connectivity index (χ0n) is 10.7. The minimum absolute atomic E-state index is 0.0375. The Balaban J connectivity index is 1.96. The molecule has 0 saturated heterocycles. The third kappa shape index (κ3) is 3.15. The second kappa shape index (κ2) is 5.74. The Labute approximate surface area is 112 Å². The van der Waals surface area contributed by atoms with Crippen LogP contribution in [0.15, 0.2) is 21.6 Å². The summed E-state index contributed by atoms with van der Waals surface area (Å²) in [6.45, 7) is 0.433. The largest absolute Gasteiger partial charge is 0.447 e. The summed E-state index contributed by atoms with van der Waals surface area (Å²) in [6.07, 6.45) is 2.94. The third-order valence-electron chi connectivity index (χ3n) is 3.39. The normalized spacial score (nSPS) is 23.4. The summed E-state index contributed by atoms with van der Waals surface area (Å²) in [6, 6.07) is 5.52. The first-order valence-corrected chi connectivity index (χ1v) is 7.70. The maximum atomic E-state index is 11.5. The quantitative estimate of drug-likeness (QED) is 0.839. The van der Waals surface area contributed by atoms with E-state index in [4.69, 9.17) is 9.68 Å². The summed E-state index contributed by atoms with van der Waals surface area (Å²) in [5.41, 5.74) is 0. The van der Waals surface area contributed by atoms with Gasteiger partial charge in [-0.3, -0.25) is 0 Å². The lowest BCUT2D eigenvalue weighted by Crippen LogP contribution is -2.31. The van der Waals surface area contributed by atoms with Gasteiger partial charge in [0.2, 0.25) is 5.09 Å². The molecule has 0 aliphatic heterocycles. The molecule has 6 nitrogen and oxygen atoms in total. The Morgan fingerprint density at radius 1 is 1.47 bits per heavy atom.